The SMILES string of the molecule is Cn1cc(CC(c2ccc(-c3c(-[n+]4cnn[nH]4)ccc(Cl)c3F)cn2)n2cc(-c3ccnc(C#N)c3)cn2)cn1. The number of nitrogens with one attached hydrogen (secondary N) is 1. The number of nitrogens with zero attached hydrogens (tertiary/aromatic N) is 10. The molecule has 196 valence electrons. The number of benzene rings is 1. The van der Waals surface area contributed by atoms with Gasteiger partial charge in [0.1, 0.15) is 22.5 Å². The Morgan fingerprint density at radius 3 is 2.67 bits per heavy atom. The number of rotatable bonds is 7. The monoisotopic (exact) mass is 552 g/mol. The van der Waals surface area contributed by atoms with E-state index in [0.29, 0.717) is 23.4 Å². The number of aryl methyl sites for hydroxylation is 1. The zero-order valence-electron chi connectivity index (χ0n) is 21.0. The third kappa shape index (κ3) is 4.81. The first-order valence-electron chi connectivity index (χ1n) is 12.1. The second-order valence-electron chi connectivity index (χ2n) is 9.02. The lowest BCUT2D eigenvalue weighted by Gasteiger charge is -2.17. The maximum atomic E-state index is 15.3. The van der Waals surface area contributed by atoms with Crippen LogP contribution in [0.15, 0.2) is 79.9 Å². The molecular formula is C27H20ClFN11+. The molecule has 0 amide bonds. The Kier molecular flexibility index (Phi) is 6.55. The van der Waals surface area contributed by atoms with Crippen LogP contribution in [0.25, 0.3) is 27.9 Å². The summed E-state index contributed by atoms with van der Waals surface area (Å²) in [6.07, 6.45) is 12.6. The summed E-state index contributed by atoms with van der Waals surface area (Å²) >= 11 is 6.14. The van der Waals surface area contributed by atoms with Gasteiger partial charge in [-0.2, -0.15) is 15.5 Å². The van der Waals surface area contributed by atoms with Crippen LogP contribution in [0.5, 0.6) is 0 Å². The number of hydrogen-bond donors (Lipinski definition) is 1. The highest BCUT2D eigenvalue weighted by atomic mass is 35.5. The van der Waals surface area contributed by atoms with Crippen LogP contribution in [-0.2, 0) is 13.5 Å². The zero-order chi connectivity index (χ0) is 27.6. The van der Waals surface area contributed by atoms with Crippen molar-refractivity contribution >= 4 is 11.6 Å². The molecule has 1 aromatic carbocycles. The van der Waals surface area contributed by atoms with Crippen molar-refractivity contribution in [3.63, 3.8) is 0 Å². The first-order valence-corrected chi connectivity index (χ1v) is 12.5. The summed E-state index contributed by atoms with van der Waals surface area (Å²) in [4.78, 5) is 8.78. The minimum Gasteiger partial charge on any atom is -0.276 e. The molecule has 13 heteroatoms. The Balaban J connectivity index is 1.39. The van der Waals surface area contributed by atoms with Crippen LogP contribution < -0.4 is 4.68 Å². The fourth-order valence-corrected chi connectivity index (χ4v) is 4.68. The summed E-state index contributed by atoms with van der Waals surface area (Å²) in [6, 6.07) is 12.1. The lowest BCUT2D eigenvalue weighted by atomic mass is 10.0. The molecule has 1 atom stereocenters. The largest absolute Gasteiger partial charge is 0.293 e. The second kappa shape index (κ2) is 10.5. The molecule has 0 fully saturated rings. The van der Waals surface area contributed by atoms with Crippen molar-refractivity contribution in [3.05, 3.63) is 108 Å². The van der Waals surface area contributed by atoms with Gasteiger partial charge in [0.2, 0.25) is 0 Å². The molecule has 5 aromatic heterocycles. The van der Waals surface area contributed by atoms with E-state index in [0.717, 1.165) is 22.4 Å². The van der Waals surface area contributed by atoms with Gasteiger partial charge in [0.15, 0.2) is 11.0 Å². The third-order valence-corrected chi connectivity index (χ3v) is 6.73. The Morgan fingerprint density at radius 1 is 1.05 bits per heavy atom. The smallest absolute Gasteiger partial charge is 0.276 e. The fraction of sp³-hybridized carbons (Fsp3) is 0.111. The molecule has 11 nitrogen and oxygen atoms in total. The van der Waals surface area contributed by atoms with Gasteiger partial charge in [-0.3, -0.25) is 14.3 Å². The molecule has 0 bridgehead atoms. The molecular weight excluding hydrogens is 533 g/mol. The molecule has 40 heavy (non-hydrogen) atoms. The van der Waals surface area contributed by atoms with E-state index in [1.165, 1.54) is 17.1 Å². The molecule has 0 spiro atoms. The Hall–Kier alpha value is -5.28. The summed E-state index contributed by atoms with van der Waals surface area (Å²) in [5, 5.41) is 28.3. The van der Waals surface area contributed by atoms with Gasteiger partial charge in [0, 0.05) is 49.4 Å². The van der Waals surface area contributed by atoms with E-state index in [4.69, 9.17) is 16.6 Å². The number of hydrogen-bond acceptors (Lipinski definition) is 7. The molecule has 0 radical (unpaired) electrons. The highest BCUT2D eigenvalue weighted by Gasteiger charge is 2.22. The normalized spacial score (nSPS) is 11.8. The van der Waals surface area contributed by atoms with Crippen LogP contribution in [-0.4, -0.2) is 45.1 Å². The van der Waals surface area contributed by atoms with Crippen LogP contribution in [0.4, 0.5) is 4.39 Å². The van der Waals surface area contributed by atoms with E-state index in [2.05, 4.69) is 36.8 Å². The van der Waals surface area contributed by atoms with Gasteiger partial charge in [-0.1, -0.05) is 22.9 Å². The zero-order valence-corrected chi connectivity index (χ0v) is 21.8. The van der Waals surface area contributed by atoms with Gasteiger partial charge >= 0.3 is 0 Å². The summed E-state index contributed by atoms with van der Waals surface area (Å²) < 4.78 is 20.4. The van der Waals surface area contributed by atoms with Gasteiger partial charge in [-0.25, -0.2) is 9.37 Å². The average Bonchev–Trinajstić information content (AvgIpc) is 3.76. The highest BCUT2D eigenvalue weighted by Crippen LogP contribution is 2.32. The van der Waals surface area contributed by atoms with Crippen molar-refractivity contribution in [2.24, 2.45) is 7.05 Å². The molecule has 0 aliphatic heterocycles. The molecule has 6 aromatic rings. The molecule has 5 heterocycles. The minimum absolute atomic E-state index is 0.00917. The van der Waals surface area contributed by atoms with Crippen LogP contribution >= 0.6 is 11.6 Å². The highest BCUT2D eigenvalue weighted by molar-refractivity contribution is 6.31. The maximum absolute atomic E-state index is 15.3. The Morgan fingerprint density at radius 2 is 1.95 bits per heavy atom. The van der Waals surface area contributed by atoms with Crippen molar-refractivity contribution in [1.82, 2.24) is 45.1 Å². The van der Waals surface area contributed by atoms with E-state index < -0.39 is 5.82 Å². The van der Waals surface area contributed by atoms with Crippen LogP contribution in [0.1, 0.15) is 23.0 Å². The molecule has 0 saturated carbocycles. The number of nitriles is 1. The summed E-state index contributed by atoms with van der Waals surface area (Å²) in [5.74, 6) is -0.575. The number of aromatic amines is 1. The standard InChI is InChI=1S/C27H19ClFN11/c1-38-14-17(11-34-38)8-25(39-15-20(13-35-39)18-6-7-31-21(9-18)10-30)23-4-2-19(12-32-23)26-24(40-16-33-36-37-40)5-3-22(28)27(26)29/h2-7,9,11-16,25H,8H2,1H3/p+1. The predicted molar refractivity (Wildman–Crippen MR) is 141 cm³/mol. The quantitative estimate of drug-likeness (QED) is 0.299. The average molecular weight is 553 g/mol. The van der Waals surface area contributed by atoms with E-state index in [1.807, 2.05) is 36.3 Å². The van der Waals surface area contributed by atoms with Gasteiger partial charge in [-0.05, 0) is 41.5 Å². The number of H-pyrrole nitrogens is 1. The van der Waals surface area contributed by atoms with E-state index >= 15 is 4.39 Å². The Labute approximate surface area is 232 Å². The summed E-state index contributed by atoms with van der Waals surface area (Å²) in [7, 11) is 1.86. The Bertz CT molecular complexity index is 1840. The molecule has 6 rings (SSSR count). The van der Waals surface area contributed by atoms with Crippen molar-refractivity contribution in [3.8, 4) is 34.0 Å². The third-order valence-electron chi connectivity index (χ3n) is 6.44. The number of tetrazole rings is 1. The van der Waals surface area contributed by atoms with Crippen molar-refractivity contribution in [2.45, 2.75) is 12.5 Å². The van der Waals surface area contributed by atoms with E-state index in [1.54, 1.807) is 47.7 Å². The first kappa shape index (κ1) is 25.0. The van der Waals surface area contributed by atoms with E-state index in [-0.39, 0.29) is 16.6 Å². The van der Waals surface area contributed by atoms with E-state index in [9.17, 15) is 5.26 Å². The lowest BCUT2D eigenvalue weighted by molar-refractivity contribution is -0.659. The number of pyridine rings is 2. The van der Waals surface area contributed by atoms with Gasteiger partial charge in [-0.15, -0.1) is 4.68 Å². The van der Waals surface area contributed by atoms with Crippen LogP contribution in [0.3, 0.4) is 0 Å². The topological polar surface area (TPSA) is 131 Å². The van der Waals surface area contributed by atoms with Gasteiger partial charge in [0.05, 0.1) is 34.7 Å². The van der Waals surface area contributed by atoms with Gasteiger partial charge < -0.3 is 0 Å². The molecule has 0 aliphatic rings. The molecule has 1 N–H and O–H groups in total. The van der Waals surface area contributed by atoms with Gasteiger partial charge in [0.25, 0.3) is 6.33 Å². The first-order chi connectivity index (χ1) is 19.5. The summed E-state index contributed by atoms with van der Waals surface area (Å²) in [6.45, 7) is 0. The molecule has 0 aliphatic carbocycles. The van der Waals surface area contributed by atoms with Crippen LogP contribution in [0, 0.1) is 17.1 Å². The summed E-state index contributed by atoms with van der Waals surface area (Å²) in [5.41, 5.74) is 4.98. The molecule has 1 unspecified atom stereocenters. The minimum atomic E-state index is -0.575. The number of halogens is 2. The predicted octanol–water partition coefficient (Wildman–Crippen LogP) is 3.63. The second-order valence-corrected chi connectivity index (χ2v) is 9.43. The lowest BCUT2D eigenvalue weighted by Crippen LogP contribution is -2.33. The van der Waals surface area contributed by atoms with Crippen molar-refractivity contribution in [1.29, 1.82) is 5.26 Å². The van der Waals surface area contributed by atoms with Crippen molar-refractivity contribution in [2.75, 3.05) is 0 Å². The fourth-order valence-electron chi connectivity index (χ4n) is 4.52. The van der Waals surface area contributed by atoms with Crippen LogP contribution in [0.2, 0.25) is 5.02 Å². The maximum Gasteiger partial charge on any atom is 0.293 e. The number of aromatic nitrogens is 10. The van der Waals surface area contributed by atoms with Crippen molar-refractivity contribution < 1.29 is 9.07 Å². The molecule has 0 saturated heterocycles.